The van der Waals surface area contributed by atoms with Crippen molar-refractivity contribution in [3.63, 3.8) is 0 Å². The summed E-state index contributed by atoms with van der Waals surface area (Å²) >= 11 is 0. The third-order valence-electron chi connectivity index (χ3n) is 5.38. The molecule has 2 aromatic carbocycles. The van der Waals surface area contributed by atoms with Crippen LogP contribution in [0.25, 0.3) is 0 Å². The Bertz CT molecular complexity index is 1030. The van der Waals surface area contributed by atoms with E-state index in [0.29, 0.717) is 17.8 Å². The Morgan fingerprint density at radius 3 is 2.15 bits per heavy atom. The van der Waals surface area contributed by atoms with Crippen molar-refractivity contribution in [3.8, 4) is 6.07 Å². The van der Waals surface area contributed by atoms with Gasteiger partial charge in [-0.25, -0.2) is 9.59 Å². The molecule has 1 aliphatic rings. The number of carbonyl (C=O) groups excluding carboxylic acids is 3. The summed E-state index contributed by atoms with van der Waals surface area (Å²) in [7, 11) is 2.48. The molecule has 0 unspecified atom stereocenters. The Hall–Kier alpha value is -3.90. The number of nitriles is 1. The second-order valence-electron chi connectivity index (χ2n) is 7.61. The van der Waals surface area contributed by atoms with Crippen molar-refractivity contribution < 1.29 is 23.9 Å². The summed E-state index contributed by atoms with van der Waals surface area (Å²) in [5.74, 6) is -1.49. The van der Waals surface area contributed by atoms with E-state index in [1.54, 1.807) is 12.1 Å². The van der Waals surface area contributed by atoms with Gasteiger partial charge in [-0.2, -0.15) is 5.26 Å². The highest BCUT2D eigenvalue weighted by atomic mass is 16.5. The van der Waals surface area contributed by atoms with E-state index in [9.17, 15) is 14.4 Å². The number of hydrogen-bond donors (Lipinski definition) is 1. The van der Waals surface area contributed by atoms with E-state index in [-0.39, 0.29) is 23.6 Å². The predicted molar refractivity (Wildman–Crippen MR) is 122 cm³/mol. The Labute approximate surface area is 192 Å². The van der Waals surface area contributed by atoms with E-state index in [0.717, 1.165) is 31.7 Å². The number of benzene rings is 2. The average Bonchev–Trinajstić information content (AvgIpc) is 3.08. The summed E-state index contributed by atoms with van der Waals surface area (Å²) < 4.78 is 9.45. The molecule has 0 radical (unpaired) electrons. The maximum absolute atomic E-state index is 12.7. The number of ether oxygens (including phenoxy) is 2. The van der Waals surface area contributed by atoms with Gasteiger partial charge in [-0.15, -0.1) is 0 Å². The highest BCUT2D eigenvalue weighted by Crippen LogP contribution is 2.19. The Morgan fingerprint density at radius 1 is 0.939 bits per heavy atom. The lowest BCUT2D eigenvalue weighted by Crippen LogP contribution is -2.36. The van der Waals surface area contributed by atoms with Crippen molar-refractivity contribution >= 4 is 29.2 Å². The lowest BCUT2D eigenvalue weighted by Gasteiger charge is -2.23. The van der Waals surface area contributed by atoms with Gasteiger partial charge in [-0.3, -0.25) is 9.69 Å². The molecule has 0 aromatic heterocycles. The predicted octanol–water partition coefficient (Wildman–Crippen LogP) is 2.28. The molecule has 1 aliphatic heterocycles. The monoisotopic (exact) mass is 450 g/mol. The van der Waals surface area contributed by atoms with Crippen LogP contribution in [0.4, 0.5) is 11.4 Å². The number of nitrogens with one attached hydrogen (secondary N) is 1. The zero-order chi connectivity index (χ0) is 23.8. The van der Waals surface area contributed by atoms with Crippen molar-refractivity contribution in [1.29, 1.82) is 5.26 Å². The average molecular weight is 450 g/mol. The molecule has 1 saturated heterocycles. The summed E-state index contributed by atoms with van der Waals surface area (Å²) in [6.45, 7) is 3.24. The van der Waals surface area contributed by atoms with Crippen molar-refractivity contribution in [2.45, 2.75) is 6.42 Å². The van der Waals surface area contributed by atoms with Gasteiger partial charge < -0.3 is 19.7 Å². The van der Waals surface area contributed by atoms with Crippen LogP contribution in [0.2, 0.25) is 0 Å². The van der Waals surface area contributed by atoms with Crippen molar-refractivity contribution in [1.82, 2.24) is 4.90 Å². The molecule has 172 valence electrons. The quantitative estimate of drug-likeness (QED) is 0.667. The number of nitrogens with zero attached hydrogens (tertiary/aromatic N) is 3. The van der Waals surface area contributed by atoms with Crippen LogP contribution in [0, 0.1) is 11.3 Å². The van der Waals surface area contributed by atoms with Gasteiger partial charge in [0.25, 0.3) is 0 Å². The van der Waals surface area contributed by atoms with E-state index in [1.807, 2.05) is 12.1 Å². The fourth-order valence-corrected chi connectivity index (χ4v) is 3.71. The molecule has 3 rings (SSSR count). The van der Waals surface area contributed by atoms with Crippen molar-refractivity contribution in [2.24, 2.45) is 0 Å². The van der Waals surface area contributed by atoms with Crippen LogP contribution in [0.1, 0.15) is 32.7 Å². The SMILES string of the molecule is COC(=O)c1cc(NC(=O)CN2CCCN(c3ccc(C#N)cc3)CC2)cc(C(=O)OC)c1. The maximum Gasteiger partial charge on any atom is 0.337 e. The van der Waals surface area contributed by atoms with Crippen LogP contribution < -0.4 is 10.2 Å². The normalized spacial score (nSPS) is 14.0. The summed E-state index contributed by atoms with van der Waals surface area (Å²) in [6.07, 6.45) is 0.887. The van der Waals surface area contributed by atoms with Gasteiger partial charge in [0, 0.05) is 37.6 Å². The Balaban J connectivity index is 1.62. The zero-order valence-electron chi connectivity index (χ0n) is 18.7. The Kier molecular flexibility index (Phi) is 8.00. The van der Waals surface area contributed by atoms with Gasteiger partial charge in [0.05, 0.1) is 43.5 Å². The first-order valence-corrected chi connectivity index (χ1v) is 10.5. The molecule has 1 N–H and O–H groups in total. The second-order valence-corrected chi connectivity index (χ2v) is 7.61. The fourth-order valence-electron chi connectivity index (χ4n) is 3.71. The first-order valence-electron chi connectivity index (χ1n) is 10.5. The summed E-state index contributed by atoms with van der Waals surface area (Å²) in [5.41, 5.74) is 2.28. The van der Waals surface area contributed by atoms with Crippen LogP contribution in [-0.2, 0) is 14.3 Å². The number of carbonyl (C=O) groups is 3. The van der Waals surface area contributed by atoms with Gasteiger partial charge in [0.15, 0.2) is 0 Å². The maximum atomic E-state index is 12.7. The molecular weight excluding hydrogens is 424 g/mol. The zero-order valence-corrected chi connectivity index (χ0v) is 18.7. The van der Waals surface area contributed by atoms with E-state index < -0.39 is 11.9 Å². The molecule has 1 fully saturated rings. The lowest BCUT2D eigenvalue weighted by atomic mass is 10.1. The van der Waals surface area contributed by atoms with Crippen LogP contribution in [0.5, 0.6) is 0 Å². The van der Waals surface area contributed by atoms with Gasteiger partial charge in [0.2, 0.25) is 5.91 Å². The molecular formula is C24H26N4O5. The van der Waals surface area contributed by atoms with E-state index in [1.165, 1.54) is 32.4 Å². The van der Waals surface area contributed by atoms with Gasteiger partial charge in [0.1, 0.15) is 0 Å². The topological polar surface area (TPSA) is 112 Å². The number of hydrogen-bond acceptors (Lipinski definition) is 8. The molecule has 2 aromatic rings. The summed E-state index contributed by atoms with van der Waals surface area (Å²) in [6, 6.07) is 13.9. The lowest BCUT2D eigenvalue weighted by molar-refractivity contribution is -0.117. The number of amides is 1. The number of anilines is 2. The minimum atomic E-state index is -0.619. The van der Waals surface area contributed by atoms with E-state index >= 15 is 0 Å². The summed E-state index contributed by atoms with van der Waals surface area (Å²) in [4.78, 5) is 40.9. The molecule has 1 amide bonds. The smallest absolute Gasteiger partial charge is 0.337 e. The van der Waals surface area contributed by atoms with Crippen LogP contribution in [0.3, 0.4) is 0 Å². The number of esters is 2. The third kappa shape index (κ3) is 6.30. The molecule has 1 heterocycles. The van der Waals surface area contributed by atoms with Crippen LogP contribution >= 0.6 is 0 Å². The minimum Gasteiger partial charge on any atom is -0.465 e. The van der Waals surface area contributed by atoms with Crippen molar-refractivity contribution in [2.75, 3.05) is 57.2 Å². The van der Waals surface area contributed by atoms with Gasteiger partial charge in [-0.05, 0) is 48.9 Å². The standard InChI is InChI=1S/C24H26N4O5/c1-32-23(30)18-12-19(24(31)33-2)14-20(13-18)26-22(29)16-27-8-3-9-28(11-10-27)21-6-4-17(15-25)5-7-21/h4-7,12-14H,3,8-11,16H2,1-2H3,(H,26,29). The molecule has 0 saturated carbocycles. The molecule has 33 heavy (non-hydrogen) atoms. The first kappa shape index (κ1) is 23.8. The summed E-state index contributed by atoms with van der Waals surface area (Å²) in [5, 5.41) is 11.7. The van der Waals surface area contributed by atoms with Crippen molar-refractivity contribution in [3.05, 3.63) is 59.2 Å². The first-order chi connectivity index (χ1) is 15.9. The highest BCUT2D eigenvalue weighted by Gasteiger charge is 2.19. The molecule has 9 nitrogen and oxygen atoms in total. The molecule has 0 bridgehead atoms. The number of methoxy groups -OCH3 is 2. The largest absolute Gasteiger partial charge is 0.465 e. The second kappa shape index (κ2) is 11.1. The molecule has 9 heteroatoms. The van der Waals surface area contributed by atoms with E-state index in [4.69, 9.17) is 14.7 Å². The van der Waals surface area contributed by atoms with E-state index in [2.05, 4.69) is 21.2 Å². The van der Waals surface area contributed by atoms with Gasteiger partial charge in [-0.1, -0.05) is 0 Å². The third-order valence-corrected chi connectivity index (χ3v) is 5.38. The van der Waals surface area contributed by atoms with Gasteiger partial charge >= 0.3 is 11.9 Å². The molecule has 0 aliphatic carbocycles. The minimum absolute atomic E-state index is 0.142. The van der Waals surface area contributed by atoms with Crippen LogP contribution in [-0.4, -0.2) is 69.7 Å². The fraction of sp³-hybridized carbons (Fsp3) is 0.333. The molecule has 0 atom stereocenters. The highest BCUT2D eigenvalue weighted by molar-refractivity contribution is 5.99. The van der Waals surface area contributed by atoms with Crippen LogP contribution in [0.15, 0.2) is 42.5 Å². The molecule has 0 spiro atoms. The Morgan fingerprint density at radius 2 is 1.58 bits per heavy atom. The number of rotatable bonds is 6.